The second-order valence-corrected chi connectivity index (χ2v) is 6.98. The van der Waals surface area contributed by atoms with Gasteiger partial charge >= 0.3 is 5.97 Å². The van der Waals surface area contributed by atoms with Crippen molar-refractivity contribution in [3.05, 3.63) is 0 Å². The van der Waals surface area contributed by atoms with Crippen molar-refractivity contribution < 1.29 is 24.5 Å². The highest BCUT2D eigenvalue weighted by atomic mass is 16.5. The van der Waals surface area contributed by atoms with E-state index in [1.54, 1.807) is 0 Å². The highest BCUT2D eigenvalue weighted by molar-refractivity contribution is 5.93. The monoisotopic (exact) mass is 298 g/mol. The second kappa shape index (κ2) is 4.41. The van der Waals surface area contributed by atoms with Gasteiger partial charge in [-0.25, -0.2) is 4.79 Å². The minimum absolute atomic E-state index is 0.0308. The highest BCUT2D eigenvalue weighted by Gasteiger charge is 2.72. The lowest BCUT2D eigenvalue weighted by Crippen LogP contribution is -2.80. The Labute approximate surface area is 123 Å². The third-order valence-corrected chi connectivity index (χ3v) is 5.63. The molecule has 5 atom stereocenters. The first-order valence-corrected chi connectivity index (χ1v) is 7.33. The van der Waals surface area contributed by atoms with Crippen LogP contribution in [0.1, 0.15) is 26.7 Å². The molecule has 1 saturated carbocycles. The molecule has 118 valence electrons. The lowest BCUT2D eigenvalue weighted by molar-refractivity contribution is -0.186. The molecule has 0 aromatic heterocycles. The maximum atomic E-state index is 12.9. The number of carbonyl (C=O) groups excluding carboxylic acids is 1. The van der Waals surface area contributed by atoms with Gasteiger partial charge in [-0.15, -0.1) is 0 Å². The van der Waals surface area contributed by atoms with Crippen molar-refractivity contribution in [3.63, 3.8) is 0 Å². The molecule has 1 amide bonds. The number of carbonyl (C=O) groups is 2. The molecule has 2 saturated heterocycles. The predicted octanol–water partition coefficient (Wildman–Crippen LogP) is -0.825. The Morgan fingerprint density at radius 2 is 2.05 bits per heavy atom. The molecule has 0 aromatic carbocycles. The number of aliphatic hydroxyl groups is 1. The number of nitrogens with two attached hydrogens (primary N) is 1. The summed E-state index contributed by atoms with van der Waals surface area (Å²) in [5, 5.41) is 19.0. The van der Waals surface area contributed by atoms with Crippen LogP contribution in [0, 0.1) is 11.3 Å². The Morgan fingerprint density at radius 3 is 2.67 bits per heavy atom. The van der Waals surface area contributed by atoms with Crippen LogP contribution in [0.4, 0.5) is 0 Å². The molecule has 0 bridgehead atoms. The molecule has 1 aliphatic carbocycles. The number of fused-ring (bicyclic) bond motifs is 1. The van der Waals surface area contributed by atoms with Crippen molar-refractivity contribution >= 4 is 11.9 Å². The van der Waals surface area contributed by atoms with Gasteiger partial charge in [0, 0.05) is 30.9 Å². The molecule has 3 fully saturated rings. The van der Waals surface area contributed by atoms with Gasteiger partial charge in [-0.2, -0.15) is 0 Å². The summed E-state index contributed by atoms with van der Waals surface area (Å²) < 4.78 is 5.65. The van der Waals surface area contributed by atoms with Crippen molar-refractivity contribution in [2.24, 2.45) is 17.1 Å². The molecule has 3 aliphatic rings. The van der Waals surface area contributed by atoms with E-state index in [4.69, 9.17) is 10.5 Å². The maximum Gasteiger partial charge on any atom is 0.326 e. The first kappa shape index (κ1) is 14.7. The summed E-state index contributed by atoms with van der Waals surface area (Å²) in [6, 6.07) is -0.995. The highest BCUT2D eigenvalue weighted by Crippen LogP contribution is 2.59. The Morgan fingerprint density at radius 1 is 1.38 bits per heavy atom. The van der Waals surface area contributed by atoms with Crippen LogP contribution in [0.25, 0.3) is 0 Å². The van der Waals surface area contributed by atoms with E-state index >= 15 is 0 Å². The van der Waals surface area contributed by atoms with Crippen LogP contribution in [-0.2, 0) is 14.3 Å². The number of likely N-dealkylation sites (tertiary alicyclic amines) is 1. The summed E-state index contributed by atoms with van der Waals surface area (Å²) >= 11 is 0. The molecule has 21 heavy (non-hydrogen) atoms. The van der Waals surface area contributed by atoms with Gasteiger partial charge in [0.2, 0.25) is 5.91 Å². The minimum Gasteiger partial charge on any atom is -0.480 e. The van der Waals surface area contributed by atoms with E-state index in [1.807, 2.05) is 13.8 Å². The van der Waals surface area contributed by atoms with E-state index in [-0.39, 0.29) is 30.9 Å². The van der Waals surface area contributed by atoms with Crippen LogP contribution in [0.5, 0.6) is 0 Å². The number of rotatable bonds is 2. The number of carboxylic acids is 1. The molecule has 3 unspecified atom stereocenters. The van der Waals surface area contributed by atoms with E-state index in [0.29, 0.717) is 13.0 Å². The van der Waals surface area contributed by atoms with Gasteiger partial charge in [-0.3, -0.25) is 4.79 Å². The first-order valence-electron chi connectivity index (χ1n) is 7.33. The predicted molar refractivity (Wildman–Crippen MR) is 72.3 cm³/mol. The van der Waals surface area contributed by atoms with Gasteiger partial charge < -0.3 is 25.6 Å². The van der Waals surface area contributed by atoms with Crippen molar-refractivity contribution in [1.82, 2.24) is 4.90 Å². The number of carboxylic acid groups (broad SMARTS) is 1. The molecule has 2 heterocycles. The second-order valence-electron chi connectivity index (χ2n) is 6.98. The van der Waals surface area contributed by atoms with Crippen LogP contribution in [0.2, 0.25) is 0 Å². The molecule has 0 aromatic rings. The van der Waals surface area contributed by atoms with Crippen molar-refractivity contribution in [3.8, 4) is 0 Å². The third-order valence-electron chi connectivity index (χ3n) is 5.63. The summed E-state index contributed by atoms with van der Waals surface area (Å²) in [6.45, 7) is 4.39. The number of hydrogen-bond donors (Lipinski definition) is 3. The smallest absolute Gasteiger partial charge is 0.326 e. The van der Waals surface area contributed by atoms with E-state index in [9.17, 15) is 19.8 Å². The van der Waals surface area contributed by atoms with Crippen molar-refractivity contribution in [2.75, 3.05) is 13.2 Å². The van der Waals surface area contributed by atoms with E-state index < -0.39 is 29.1 Å². The van der Waals surface area contributed by atoms with Gasteiger partial charge in [0.05, 0.1) is 12.2 Å². The topological polar surface area (TPSA) is 113 Å². The fourth-order valence-corrected chi connectivity index (χ4v) is 4.33. The maximum absolute atomic E-state index is 12.9. The number of amides is 1. The lowest BCUT2D eigenvalue weighted by atomic mass is 9.47. The zero-order valence-corrected chi connectivity index (χ0v) is 12.3. The SMILES string of the molecule is CC1(C)C2OCCC2C1(N)C(=O)N1C[C@@H](O)C[C@H]1C(=O)O. The van der Waals surface area contributed by atoms with Crippen LogP contribution >= 0.6 is 0 Å². The van der Waals surface area contributed by atoms with Gasteiger partial charge in [0.1, 0.15) is 11.6 Å². The van der Waals surface area contributed by atoms with Gasteiger partial charge in [-0.1, -0.05) is 13.8 Å². The lowest BCUT2D eigenvalue weighted by Gasteiger charge is -2.61. The molecule has 7 heteroatoms. The zero-order chi connectivity index (χ0) is 15.6. The fourth-order valence-electron chi connectivity index (χ4n) is 4.33. The number of aliphatic carboxylic acids is 1. The largest absolute Gasteiger partial charge is 0.480 e. The van der Waals surface area contributed by atoms with Crippen LogP contribution in [-0.4, -0.2) is 63.9 Å². The van der Waals surface area contributed by atoms with Crippen LogP contribution in [0.3, 0.4) is 0 Å². The van der Waals surface area contributed by atoms with Crippen molar-refractivity contribution in [1.29, 1.82) is 0 Å². The van der Waals surface area contributed by atoms with E-state index in [1.165, 1.54) is 4.90 Å². The molecule has 0 radical (unpaired) electrons. The summed E-state index contributed by atoms with van der Waals surface area (Å²) in [4.78, 5) is 25.5. The molecule has 0 spiro atoms. The minimum atomic E-state index is -1.12. The standard InChI is InChI=1S/C14H22N2O5/c1-13(2)10-8(3-4-21-10)14(13,15)12(20)16-6-7(17)5-9(16)11(18)19/h7-10,17H,3-6,15H2,1-2H3,(H,18,19)/t7-,8?,9-,10?,14?/m0/s1. The molecular weight excluding hydrogens is 276 g/mol. The van der Waals surface area contributed by atoms with Gasteiger partial charge in [0.15, 0.2) is 0 Å². The molecule has 7 nitrogen and oxygen atoms in total. The van der Waals surface area contributed by atoms with Crippen LogP contribution < -0.4 is 5.73 Å². The Kier molecular flexibility index (Phi) is 3.10. The normalized spacial score (nSPS) is 44.3. The molecule has 4 N–H and O–H groups in total. The number of aliphatic hydroxyl groups excluding tert-OH is 1. The number of β-amino-alcohol motifs (C(OH)–C–C–N with tert-alkyl or cyclic N) is 1. The molecular formula is C14H22N2O5. The number of ether oxygens (including phenoxy) is 1. The quantitative estimate of drug-likeness (QED) is 0.613. The van der Waals surface area contributed by atoms with Gasteiger partial charge in [0.25, 0.3) is 0 Å². The van der Waals surface area contributed by atoms with E-state index in [0.717, 1.165) is 0 Å². The average Bonchev–Trinajstić information content (AvgIpc) is 3.02. The Balaban J connectivity index is 1.89. The fraction of sp³-hybridized carbons (Fsp3) is 0.857. The Bertz CT molecular complexity index is 494. The summed E-state index contributed by atoms with van der Waals surface area (Å²) in [7, 11) is 0. The molecule has 3 rings (SSSR count). The summed E-state index contributed by atoms with van der Waals surface area (Å²) in [6.07, 6.45) is -0.0909. The average molecular weight is 298 g/mol. The molecule has 2 aliphatic heterocycles. The first-order chi connectivity index (χ1) is 9.71. The zero-order valence-electron chi connectivity index (χ0n) is 12.3. The number of hydrogen-bond acceptors (Lipinski definition) is 5. The summed E-state index contributed by atoms with van der Waals surface area (Å²) in [5.41, 5.74) is 4.79. The summed E-state index contributed by atoms with van der Waals surface area (Å²) in [5.74, 6) is -1.55. The van der Waals surface area contributed by atoms with E-state index in [2.05, 4.69) is 0 Å². The Hall–Kier alpha value is -1.18. The third kappa shape index (κ3) is 1.71. The van der Waals surface area contributed by atoms with Crippen molar-refractivity contribution in [2.45, 2.75) is 50.5 Å². The van der Waals surface area contributed by atoms with Gasteiger partial charge in [-0.05, 0) is 6.42 Å². The van der Waals surface area contributed by atoms with Crippen LogP contribution in [0.15, 0.2) is 0 Å². The number of nitrogens with zero attached hydrogens (tertiary/aromatic N) is 1.